The van der Waals surface area contributed by atoms with Crippen LogP contribution in [-0.2, 0) is 53.9 Å². The van der Waals surface area contributed by atoms with Crippen molar-refractivity contribution in [2.24, 2.45) is 0 Å². The Bertz CT molecular complexity index is 376. The molecule has 11 heteroatoms. The summed E-state index contributed by atoms with van der Waals surface area (Å²) in [6.07, 6.45) is 1.52. The van der Waals surface area contributed by atoms with Crippen LogP contribution in [0.5, 0.6) is 0 Å². The maximum Gasteiger partial charge on any atom is 0.360 e. The van der Waals surface area contributed by atoms with E-state index in [1.54, 1.807) is 0 Å². The normalized spacial score (nSPS) is 15.8. The SMILES string of the molecule is CCCOC[Si](C)(O[Si](C)O[Si](C)(C)C)O[Si](C)(C)O[Si](C)(C)C.[Y]. The molecule has 0 aromatic rings. The molecule has 0 amide bonds. The standard InChI is InChI=1S/C14H39O5Si5.Y/c1-12-13-15-14-24(11,17-20(2)16-21(3,4)5)19-23(9,10)18-22(6,7)8;/h12-14H2,1-11H3;. The fourth-order valence-corrected chi connectivity index (χ4v) is 21.1. The second-order valence-corrected chi connectivity index (χ2v) is 26.8. The van der Waals surface area contributed by atoms with Gasteiger partial charge in [0.2, 0.25) is 0 Å². The van der Waals surface area contributed by atoms with Crippen LogP contribution in [0.15, 0.2) is 0 Å². The molecule has 0 heterocycles. The molecule has 5 nitrogen and oxygen atoms in total. The third-order valence-electron chi connectivity index (χ3n) is 2.54. The van der Waals surface area contributed by atoms with Gasteiger partial charge in [-0.15, -0.1) is 0 Å². The van der Waals surface area contributed by atoms with E-state index in [0.717, 1.165) is 13.0 Å². The molecular weight excluding hydrogens is 477 g/mol. The van der Waals surface area contributed by atoms with Crippen molar-refractivity contribution in [3.05, 3.63) is 0 Å². The molecule has 0 N–H and O–H groups in total. The Balaban J connectivity index is 0. The van der Waals surface area contributed by atoms with E-state index < -0.39 is 43.0 Å². The van der Waals surface area contributed by atoms with Crippen LogP contribution in [0.2, 0.25) is 65.5 Å². The zero-order valence-corrected chi connectivity index (χ0v) is 26.1. The molecule has 0 rings (SSSR count). The predicted octanol–water partition coefficient (Wildman–Crippen LogP) is 4.58. The van der Waals surface area contributed by atoms with E-state index in [9.17, 15) is 0 Å². The first-order valence-electron chi connectivity index (χ1n) is 8.77. The smallest absolute Gasteiger partial charge is 0.360 e. The molecular formula is C14H39O5Si5Y. The second-order valence-electron chi connectivity index (χ2n) is 8.71. The minimum atomic E-state index is -2.51. The Kier molecular flexibility index (Phi) is 13.8. The van der Waals surface area contributed by atoms with Gasteiger partial charge >= 0.3 is 26.4 Å². The maximum atomic E-state index is 6.54. The van der Waals surface area contributed by atoms with Gasteiger partial charge in [-0.3, -0.25) is 0 Å². The summed E-state index contributed by atoms with van der Waals surface area (Å²) in [4.78, 5) is 0. The van der Waals surface area contributed by atoms with Crippen molar-refractivity contribution in [3.8, 4) is 0 Å². The van der Waals surface area contributed by atoms with Crippen molar-refractivity contribution in [2.75, 3.05) is 12.8 Å². The molecule has 0 aliphatic rings. The fraction of sp³-hybridized carbons (Fsp3) is 1.00. The topological polar surface area (TPSA) is 46.2 Å². The van der Waals surface area contributed by atoms with Gasteiger partial charge in [0, 0.05) is 39.3 Å². The summed E-state index contributed by atoms with van der Waals surface area (Å²) in [5.74, 6) is 0. The summed E-state index contributed by atoms with van der Waals surface area (Å²) in [5, 5.41) is 0. The third kappa shape index (κ3) is 16.6. The van der Waals surface area contributed by atoms with Crippen LogP contribution in [0.4, 0.5) is 0 Å². The minimum absolute atomic E-state index is 0. The summed E-state index contributed by atoms with van der Waals surface area (Å²) in [6, 6.07) is 0. The van der Waals surface area contributed by atoms with Crippen molar-refractivity contribution in [3.63, 3.8) is 0 Å². The Morgan fingerprint density at radius 1 is 0.760 bits per heavy atom. The van der Waals surface area contributed by atoms with Crippen molar-refractivity contribution >= 4 is 43.0 Å². The van der Waals surface area contributed by atoms with Gasteiger partial charge in [0.25, 0.3) is 0 Å². The Morgan fingerprint density at radius 2 is 1.28 bits per heavy atom. The van der Waals surface area contributed by atoms with Gasteiger partial charge in [-0.2, -0.15) is 0 Å². The van der Waals surface area contributed by atoms with Gasteiger partial charge in [-0.1, -0.05) is 6.92 Å². The van der Waals surface area contributed by atoms with Gasteiger partial charge < -0.3 is 21.2 Å². The van der Waals surface area contributed by atoms with Crippen LogP contribution in [0.3, 0.4) is 0 Å². The molecule has 0 aliphatic carbocycles. The summed E-state index contributed by atoms with van der Waals surface area (Å²) in [5.41, 5.74) is 0. The van der Waals surface area contributed by atoms with Crippen molar-refractivity contribution in [2.45, 2.75) is 78.8 Å². The molecule has 0 saturated heterocycles. The Hall–Kier alpha value is 1.99. The van der Waals surface area contributed by atoms with Crippen LogP contribution in [0.25, 0.3) is 0 Å². The summed E-state index contributed by atoms with van der Waals surface area (Å²) in [6.45, 7) is 24.4. The van der Waals surface area contributed by atoms with Crippen LogP contribution >= 0.6 is 0 Å². The number of hydrogen-bond acceptors (Lipinski definition) is 5. The van der Waals surface area contributed by atoms with Crippen LogP contribution in [0.1, 0.15) is 13.3 Å². The summed E-state index contributed by atoms with van der Waals surface area (Å²) < 4.78 is 31.2. The summed E-state index contributed by atoms with van der Waals surface area (Å²) >= 11 is 0. The fourth-order valence-electron chi connectivity index (χ4n) is 2.52. The quantitative estimate of drug-likeness (QED) is 0.281. The van der Waals surface area contributed by atoms with Crippen LogP contribution < -0.4 is 0 Å². The zero-order chi connectivity index (χ0) is 19.2. The first-order chi connectivity index (χ1) is 10.6. The molecule has 1 atom stereocenters. The number of hydrogen-bond donors (Lipinski definition) is 0. The van der Waals surface area contributed by atoms with Gasteiger partial charge in [0.1, 0.15) is 0 Å². The van der Waals surface area contributed by atoms with E-state index in [1.165, 1.54) is 0 Å². The molecule has 0 spiro atoms. The molecule has 0 aromatic carbocycles. The molecule has 0 bridgehead atoms. The molecule has 0 aliphatic heterocycles. The number of ether oxygens (including phenoxy) is 1. The average molecular weight is 517 g/mol. The largest absolute Gasteiger partial charge is 0.437 e. The van der Waals surface area contributed by atoms with Crippen LogP contribution in [-0.4, -0.2) is 55.9 Å². The second kappa shape index (κ2) is 11.9. The third-order valence-corrected chi connectivity index (χ3v) is 17.9. The number of rotatable bonds is 12. The monoisotopic (exact) mass is 516 g/mol. The molecule has 1 unspecified atom stereocenters. The summed E-state index contributed by atoms with van der Waals surface area (Å²) in [7, 11) is -9.42. The van der Waals surface area contributed by atoms with Crippen molar-refractivity contribution in [1.29, 1.82) is 0 Å². The molecule has 25 heavy (non-hydrogen) atoms. The molecule has 0 fully saturated rings. The van der Waals surface area contributed by atoms with E-state index in [1.807, 2.05) is 0 Å². The Labute approximate surface area is 187 Å². The average Bonchev–Trinajstić information content (AvgIpc) is 2.20. The van der Waals surface area contributed by atoms with E-state index in [4.69, 9.17) is 21.2 Å². The molecule has 2 radical (unpaired) electrons. The van der Waals surface area contributed by atoms with Crippen LogP contribution in [0, 0.1) is 0 Å². The van der Waals surface area contributed by atoms with E-state index in [-0.39, 0.29) is 32.7 Å². The van der Waals surface area contributed by atoms with Gasteiger partial charge in [-0.05, 0) is 71.9 Å². The first-order valence-corrected chi connectivity index (χ1v) is 22.7. The first kappa shape index (κ1) is 29.2. The van der Waals surface area contributed by atoms with E-state index in [2.05, 4.69) is 72.4 Å². The molecule has 0 saturated carbocycles. The Morgan fingerprint density at radius 3 is 1.68 bits per heavy atom. The van der Waals surface area contributed by atoms with Gasteiger partial charge in [0.05, 0.1) is 6.23 Å². The van der Waals surface area contributed by atoms with Crippen molar-refractivity contribution < 1.29 is 53.9 Å². The van der Waals surface area contributed by atoms with E-state index >= 15 is 0 Å². The zero-order valence-electron chi connectivity index (χ0n) is 18.2. The van der Waals surface area contributed by atoms with Gasteiger partial charge in [0.15, 0.2) is 16.6 Å². The molecule has 0 aromatic heterocycles. The van der Waals surface area contributed by atoms with Crippen molar-refractivity contribution in [1.82, 2.24) is 0 Å². The van der Waals surface area contributed by atoms with Gasteiger partial charge in [-0.25, -0.2) is 0 Å². The predicted molar refractivity (Wildman–Crippen MR) is 113 cm³/mol. The van der Waals surface area contributed by atoms with E-state index in [0.29, 0.717) is 6.23 Å². The minimum Gasteiger partial charge on any atom is -0.437 e. The maximum absolute atomic E-state index is 6.54. The molecule has 148 valence electrons.